The molecule has 0 amide bonds. The van der Waals surface area contributed by atoms with E-state index in [1.807, 2.05) is 6.07 Å². The molecule has 2 heteroatoms. The van der Waals surface area contributed by atoms with Crippen LogP contribution in [0.5, 0.6) is 5.75 Å². The van der Waals surface area contributed by atoms with Crippen LogP contribution in [0, 0.1) is 0 Å². The van der Waals surface area contributed by atoms with Gasteiger partial charge >= 0.3 is 0 Å². The summed E-state index contributed by atoms with van der Waals surface area (Å²) in [5, 5.41) is 9.79. The fourth-order valence-corrected chi connectivity index (χ4v) is 2.41. The lowest BCUT2D eigenvalue weighted by atomic mass is 10.0. The van der Waals surface area contributed by atoms with Gasteiger partial charge in [-0.05, 0) is 57.0 Å². The van der Waals surface area contributed by atoms with E-state index >= 15 is 0 Å². The third-order valence-corrected chi connectivity index (χ3v) is 3.40. The van der Waals surface area contributed by atoms with E-state index in [0.717, 1.165) is 12.8 Å². The third-order valence-electron chi connectivity index (χ3n) is 3.40. The Labute approximate surface area is 91.5 Å². The molecule has 2 rings (SSSR count). The van der Waals surface area contributed by atoms with Crippen LogP contribution in [0.2, 0.25) is 0 Å². The lowest BCUT2D eigenvalue weighted by Crippen LogP contribution is -2.29. The molecule has 1 aromatic carbocycles. The first-order valence-electron chi connectivity index (χ1n) is 5.64. The Hall–Kier alpha value is -1.02. The minimum absolute atomic E-state index is 0.479. The molecule has 2 nitrogen and oxygen atoms in total. The number of hydrogen-bond donors (Lipinski definition) is 1. The number of hydrogen-bond acceptors (Lipinski definition) is 2. The standard InChI is InChI=1S/C13H19NO/c1-14(2)11-6-4-7-12-10(9-11)5-3-8-13(12)15/h3,5,8,11,15H,4,6-7,9H2,1-2H3/t11-/m0/s1. The van der Waals surface area contributed by atoms with Crippen molar-refractivity contribution in [2.45, 2.75) is 31.7 Å². The van der Waals surface area contributed by atoms with Crippen LogP contribution in [-0.2, 0) is 12.8 Å². The van der Waals surface area contributed by atoms with Gasteiger partial charge in [-0.1, -0.05) is 12.1 Å². The van der Waals surface area contributed by atoms with Crippen LogP contribution in [0.15, 0.2) is 18.2 Å². The molecular formula is C13H19NO. The second-order valence-electron chi connectivity index (χ2n) is 4.63. The molecule has 0 unspecified atom stereocenters. The van der Waals surface area contributed by atoms with Crippen molar-refractivity contribution in [2.75, 3.05) is 14.1 Å². The van der Waals surface area contributed by atoms with E-state index < -0.39 is 0 Å². The number of nitrogens with zero attached hydrogens (tertiary/aromatic N) is 1. The van der Waals surface area contributed by atoms with Crippen molar-refractivity contribution in [3.05, 3.63) is 29.3 Å². The number of phenols is 1. The van der Waals surface area contributed by atoms with Crippen molar-refractivity contribution in [2.24, 2.45) is 0 Å². The van der Waals surface area contributed by atoms with Gasteiger partial charge in [0.15, 0.2) is 0 Å². The maximum absolute atomic E-state index is 9.79. The topological polar surface area (TPSA) is 23.5 Å². The van der Waals surface area contributed by atoms with Gasteiger partial charge in [0.1, 0.15) is 5.75 Å². The highest BCUT2D eigenvalue weighted by Gasteiger charge is 2.19. The zero-order chi connectivity index (χ0) is 10.8. The molecule has 0 fully saturated rings. The summed E-state index contributed by atoms with van der Waals surface area (Å²) in [4.78, 5) is 2.29. The molecule has 1 atom stereocenters. The smallest absolute Gasteiger partial charge is 0.119 e. The zero-order valence-corrected chi connectivity index (χ0v) is 9.53. The Kier molecular flexibility index (Phi) is 2.96. The van der Waals surface area contributed by atoms with E-state index in [-0.39, 0.29) is 0 Å². The first kappa shape index (κ1) is 10.5. The van der Waals surface area contributed by atoms with Gasteiger partial charge in [-0.25, -0.2) is 0 Å². The highest BCUT2D eigenvalue weighted by atomic mass is 16.3. The minimum atomic E-state index is 0.479. The summed E-state index contributed by atoms with van der Waals surface area (Å²) in [5.41, 5.74) is 2.49. The van der Waals surface area contributed by atoms with Crippen LogP contribution in [0.3, 0.4) is 0 Å². The number of phenolic OH excluding ortho intramolecular Hbond substituents is 1. The summed E-state index contributed by atoms with van der Waals surface area (Å²) in [7, 11) is 4.27. The van der Waals surface area contributed by atoms with E-state index in [2.05, 4.69) is 25.1 Å². The molecule has 1 aliphatic carbocycles. The van der Waals surface area contributed by atoms with Crippen molar-refractivity contribution in [3.8, 4) is 5.75 Å². The average Bonchev–Trinajstić information content (AvgIpc) is 2.40. The van der Waals surface area contributed by atoms with Gasteiger partial charge in [0.2, 0.25) is 0 Å². The van der Waals surface area contributed by atoms with Gasteiger partial charge in [0.25, 0.3) is 0 Å². The normalized spacial score (nSPS) is 21.1. The van der Waals surface area contributed by atoms with Gasteiger partial charge < -0.3 is 10.0 Å². The third kappa shape index (κ3) is 2.15. The fourth-order valence-electron chi connectivity index (χ4n) is 2.41. The van der Waals surface area contributed by atoms with Crippen LogP contribution in [-0.4, -0.2) is 30.1 Å². The first-order valence-corrected chi connectivity index (χ1v) is 5.64. The summed E-state index contributed by atoms with van der Waals surface area (Å²) in [6.07, 6.45) is 4.48. The molecule has 15 heavy (non-hydrogen) atoms. The monoisotopic (exact) mass is 205 g/mol. The highest BCUT2D eigenvalue weighted by Crippen LogP contribution is 2.28. The maximum Gasteiger partial charge on any atom is 0.119 e. The van der Waals surface area contributed by atoms with E-state index in [1.54, 1.807) is 6.07 Å². The minimum Gasteiger partial charge on any atom is -0.508 e. The van der Waals surface area contributed by atoms with Crippen molar-refractivity contribution in [1.29, 1.82) is 0 Å². The summed E-state index contributed by atoms with van der Waals surface area (Å²) >= 11 is 0. The van der Waals surface area contributed by atoms with E-state index in [0.29, 0.717) is 11.8 Å². The van der Waals surface area contributed by atoms with Gasteiger partial charge in [-0.2, -0.15) is 0 Å². The van der Waals surface area contributed by atoms with Crippen molar-refractivity contribution >= 4 is 0 Å². The molecule has 0 heterocycles. The molecule has 1 aromatic rings. The molecule has 0 radical (unpaired) electrons. The van der Waals surface area contributed by atoms with Crippen LogP contribution < -0.4 is 0 Å². The first-order chi connectivity index (χ1) is 7.18. The number of fused-ring (bicyclic) bond motifs is 1. The molecule has 0 saturated heterocycles. The lowest BCUT2D eigenvalue weighted by Gasteiger charge is -2.22. The molecule has 0 aromatic heterocycles. The van der Waals surface area contributed by atoms with E-state index in [4.69, 9.17) is 0 Å². The summed E-state index contributed by atoms with van der Waals surface area (Å²) < 4.78 is 0. The number of benzene rings is 1. The van der Waals surface area contributed by atoms with Crippen LogP contribution >= 0.6 is 0 Å². The largest absolute Gasteiger partial charge is 0.508 e. The SMILES string of the molecule is CN(C)[C@H]1CCCc2c(O)cccc2C1. The Morgan fingerprint density at radius 3 is 2.87 bits per heavy atom. The van der Waals surface area contributed by atoms with Crippen LogP contribution in [0.4, 0.5) is 0 Å². The molecule has 1 N–H and O–H groups in total. The molecule has 82 valence electrons. The number of likely N-dealkylation sites (N-methyl/N-ethyl adjacent to an activating group) is 1. The maximum atomic E-state index is 9.79. The molecule has 0 spiro atoms. The Morgan fingerprint density at radius 2 is 2.13 bits per heavy atom. The Bertz CT molecular complexity index is 346. The fraction of sp³-hybridized carbons (Fsp3) is 0.538. The van der Waals surface area contributed by atoms with E-state index in [9.17, 15) is 5.11 Å². The quantitative estimate of drug-likeness (QED) is 0.710. The second kappa shape index (κ2) is 4.23. The predicted octanol–water partition coefficient (Wildman–Crippen LogP) is 2.20. The summed E-state index contributed by atoms with van der Waals surface area (Å²) in [6, 6.07) is 6.52. The molecule has 1 aliphatic rings. The van der Waals surface area contributed by atoms with Crippen molar-refractivity contribution in [3.63, 3.8) is 0 Å². The second-order valence-corrected chi connectivity index (χ2v) is 4.63. The van der Waals surface area contributed by atoms with Gasteiger partial charge in [-0.15, -0.1) is 0 Å². The summed E-state index contributed by atoms with van der Waals surface area (Å²) in [6.45, 7) is 0. The van der Waals surface area contributed by atoms with Crippen molar-refractivity contribution in [1.82, 2.24) is 4.90 Å². The predicted molar refractivity (Wildman–Crippen MR) is 62.2 cm³/mol. The molecule has 0 bridgehead atoms. The summed E-state index contributed by atoms with van der Waals surface area (Å²) in [5.74, 6) is 0.479. The average molecular weight is 205 g/mol. The Balaban J connectivity index is 2.30. The van der Waals surface area contributed by atoms with Gasteiger partial charge in [0.05, 0.1) is 0 Å². The van der Waals surface area contributed by atoms with Crippen molar-refractivity contribution < 1.29 is 5.11 Å². The van der Waals surface area contributed by atoms with E-state index in [1.165, 1.54) is 24.0 Å². The van der Waals surface area contributed by atoms with Crippen LogP contribution in [0.1, 0.15) is 24.0 Å². The molecule has 0 saturated carbocycles. The molecule has 0 aliphatic heterocycles. The van der Waals surface area contributed by atoms with Gasteiger partial charge in [-0.3, -0.25) is 0 Å². The molecular weight excluding hydrogens is 186 g/mol. The number of aromatic hydroxyl groups is 1. The van der Waals surface area contributed by atoms with Crippen LogP contribution in [0.25, 0.3) is 0 Å². The Morgan fingerprint density at radius 1 is 1.33 bits per heavy atom. The highest BCUT2D eigenvalue weighted by molar-refractivity contribution is 5.40. The number of rotatable bonds is 1. The lowest BCUT2D eigenvalue weighted by molar-refractivity contribution is 0.277. The van der Waals surface area contributed by atoms with Gasteiger partial charge in [0, 0.05) is 6.04 Å². The zero-order valence-electron chi connectivity index (χ0n) is 9.53.